The molecule has 5 N–H and O–H groups in total. The van der Waals surface area contributed by atoms with E-state index < -0.39 is 5.91 Å². The van der Waals surface area contributed by atoms with Gasteiger partial charge in [-0.25, -0.2) is 0 Å². The van der Waals surface area contributed by atoms with Gasteiger partial charge in [-0.2, -0.15) is 0 Å². The lowest BCUT2D eigenvalue weighted by atomic mass is 10.1. The first kappa shape index (κ1) is 13.7. The molecule has 1 amide bonds. The predicted octanol–water partition coefficient (Wildman–Crippen LogP) is 2.51. The number of amides is 1. The number of benzene rings is 2. The summed E-state index contributed by atoms with van der Waals surface area (Å²) in [6, 6.07) is 12.5. The Morgan fingerprint density at radius 3 is 2.70 bits per heavy atom. The number of ether oxygens (including phenoxy) is 1. The maximum absolute atomic E-state index is 11.1. The third kappa shape index (κ3) is 3.20. The summed E-state index contributed by atoms with van der Waals surface area (Å²) < 4.78 is 5.43. The number of nitrogen functional groups attached to an aromatic ring is 1. The van der Waals surface area contributed by atoms with E-state index in [4.69, 9.17) is 16.2 Å². The minimum absolute atomic E-state index is 0.385. The third-order valence-electron chi connectivity index (χ3n) is 2.76. The molecule has 5 heteroatoms. The Hall–Kier alpha value is -2.69. The standard InChI is InChI=1S/C15H17N3O2/c1-2-20-12-5-3-4-11(9-12)18-14-7-6-10(15(17)19)8-13(14)16/h3-9,18H,2,16H2,1H3,(H2,17,19). The minimum Gasteiger partial charge on any atom is -0.494 e. The molecule has 0 aliphatic carbocycles. The summed E-state index contributed by atoms with van der Waals surface area (Å²) in [7, 11) is 0. The van der Waals surface area contributed by atoms with Crippen molar-refractivity contribution in [2.75, 3.05) is 17.7 Å². The Labute approximate surface area is 117 Å². The van der Waals surface area contributed by atoms with Crippen LogP contribution in [0.1, 0.15) is 17.3 Å². The van der Waals surface area contributed by atoms with Gasteiger partial charge < -0.3 is 21.5 Å². The maximum atomic E-state index is 11.1. The zero-order valence-corrected chi connectivity index (χ0v) is 11.2. The smallest absolute Gasteiger partial charge is 0.248 e. The third-order valence-corrected chi connectivity index (χ3v) is 2.76. The number of hydrogen-bond donors (Lipinski definition) is 3. The van der Waals surface area contributed by atoms with E-state index in [1.165, 1.54) is 0 Å². The van der Waals surface area contributed by atoms with Gasteiger partial charge in [-0.3, -0.25) is 4.79 Å². The molecule has 0 fully saturated rings. The molecular weight excluding hydrogens is 254 g/mol. The average molecular weight is 271 g/mol. The molecule has 0 aromatic heterocycles. The largest absolute Gasteiger partial charge is 0.494 e. The van der Waals surface area contributed by atoms with Gasteiger partial charge >= 0.3 is 0 Å². The molecule has 0 saturated carbocycles. The van der Waals surface area contributed by atoms with Crippen LogP contribution in [0, 0.1) is 0 Å². The first-order valence-corrected chi connectivity index (χ1v) is 6.29. The summed E-state index contributed by atoms with van der Waals surface area (Å²) in [5, 5.41) is 3.18. The predicted molar refractivity (Wildman–Crippen MR) is 80.3 cm³/mol. The van der Waals surface area contributed by atoms with Gasteiger partial charge in [0.05, 0.1) is 18.0 Å². The number of hydrogen-bond acceptors (Lipinski definition) is 4. The van der Waals surface area contributed by atoms with Crippen molar-refractivity contribution >= 4 is 23.0 Å². The fourth-order valence-electron chi connectivity index (χ4n) is 1.82. The van der Waals surface area contributed by atoms with E-state index in [0.29, 0.717) is 23.5 Å². The highest BCUT2D eigenvalue weighted by molar-refractivity contribution is 5.95. The van der Waals surface area contributed by atoms with E-state index in [-0.39, 0.29) is 0 Å². The van der Waals surface area contributed by atoms with Crippen molar-refractivity contribution in [3.05, 3.63) is 48.0 Å². The molecule has 104 valence electrons. The van der Waals surface area contributed by atoms with Crippen molar-refractivity contribution in [1.29, 1.82) is 0 Å². The number of anilines is 3. The zero-order valence-electron chi connectivity index (χ0n) is 11.2. The van der Waals surface area contributed by atoms with Gasteiger partial charge in [-0.15, -0.1) is 0 Å². The van der Waals surface area contributed by atoms with E-state index in [1.807, 2.05) is 31.2 Å². The van der Waals surface area contributed by atoms with E-state index in [0.717, 1.165) is 11.4 Å². The van der Waals surface area contributed by atoms with Crippen LogP contribution in [0.4, 0.5) is 17.1 Å². The number of primary amides is 1. The van der Waals surface area contributed by atoms with Gasteiger partial charge in [0.15, 0.2) is 0 Å². The Bertz CT molecular complexity index is 626. The van der Waals surface area contributed by atoms with Crippen LogP contribution in [0.3, 0.4) is 0 Å². The molecule has 0 bridgehead atoms. The molecule has 0 aliphatic rings. The molecule has 0 atom stereocenters. The second-order valence-electron chi connectivity index (χ2n) is 4.25. The fourth-order valence-corrected chi connectivity index (χ4v) is 1.82. The average Bonchev–Trinajstić information content (AvgIpc) is 2.42. The van der Waals surface area contributed by atoms with E-state index in [9.17, 15) is 4.79 Å². The number of nitrogens with one attached hydrogen (secondary N) is 1. The zero-order chi connectivity index (χ0) is 14.5. The Morgan fingerprint density at radius 2 is 2.05 bits per heavy atom. The molecule has 0 saturated heterocycles. The van der Waals surface area contributed by atoms with Crippen molar-refractivity contribution in [3.8, 4) is 5.75 Å². The molecule has 5 nitrogen and oxygen atoms in total. The van der Waals surface area contributed by atoms with E-state index >= 15 is 0 Å². The lowest BCUT2D eigenvalue weighted by Crippen LogP contribution is -2.11. The molecule has 0 unspecified atom stereocenters. The van der Waals surface area contributed by atoms with E-state index in [2.05, 4.69) is 5.32 Å². The van der Waals surface area contributed by atoms with Gasteiger partial charge in [0, 0.05) is 17.3 Å². The highest BCUT2D eigenvalue weighted by Crippen LogP contribution is 2.26. The van der Waals surface area contributed by atoms with Crippen molar-refractivity contribution in [2.24, 2.45) is 5.73 Å². The molecule has 2 aromatic rings. The monoisotopic (exact) mass is 271 g/mol. The summed E-state index contributed by atoms with van der Waals surface area (Å²) in [6.07, 6.45) is 0. The fraction of sp³-hybridized carbons (Fsp3) is 0.133. The van der Waals surface area contributed by atoms with Crippen LogP contribution in [0.5, 0.6) is 5.75 Å². The topological polar surface area (TPSA) is 90.4 Å². The normalized spacial score (nSPS) is 10.1. The summed E-state index contributed by atoms with van der Waals surface area (Å²) in [4.78, 5) is 11.1. The molecule has 20 heavy (non-hydrogen) atoms. The quantitative estimate of drug-likeness (QED) is 0.729. The molecule has 0 heterocycles. The second-order valence-corrected chi connectivity index (χ2v) is 4.25. The SMILES string of the molecule is CCOc1cccc(Nc2ccc(C(N)=O)cc2N)c1. The molecule has 2 rings (SSSR count). The maximum Gasteiger partial charge on any atom is 0.248 e. The Morgan fingerprint density at radius 1 is 1.25 bits per heavy atom. The van der Waals surface area contributed by atoms with Gasteiger partial charge in [0.2, 0.25) is 5.91 Å². The first-order chi connectivity index (χ1) is 9.60. The number of carbonyl (C=O) groups excluding carboxylic acids is 1. The molecule has 0 spiro atoms. The van der Waals surface area contributed by atoms with Crippen LogP contribution in [-0.2, 0) is 0 Å². The van der Waals surface area contributed by atoms with Crippen molar-refractivity contribution in [1.82, 2.24) is 0 Å². The minimum atomic E-state index is -0.499. The lowest BCUT2D eigenvalue weighted by molar-refractivity contribution is 0.100. The highest BCUT2D eigenvalue weighted by atomic mass is 16.5. The van der Waals surface area contributed by atoms with Gasteiger partial charge in [-0.05, 0) is 37.3 Å². The van der Waals surface area contributed by atoms with Crippen LogP contribution in [0.15, 0.2) is 42.5 Å². The van der Waals surface area contributed by atoms with Crippen LogP contribution in [0.25, 0.3) is 0 Å². The van der Waals surface area contributed by atoms with Crippen LogP contribution >= 0.6 is 0 Å². The summed E-state index contributed by atoms with van der Waals surface area (Å²) >= 11 is 0. The van der Waals surface area contributed by atoms with Crippen LogP contribution in [-0.4, -0.2) is 12.5 Å². The second kappa shape index (κ2) is 5.97. The van der Waals surface area contributed by atoms with Crippen molar-refractivity contribution < 1.29 is 9.53 Å². The summed E-state index contributed by atoms with van der Waals surface area (Å²) in [6.45, 7) is 2.54. The Kier molecular flexibility index (Phi) is 4.10. The van der Waals surface area contributed by atoms with Gasteiger partial charge in [0.1, 0.15) is 5.75 Å². The van der Waals surface area contributed by atoms with Crippen LogP contribution < -0.4 is 21.5 Å². The summed E-state index contributed by atoms with van der Waals surface area (Å²) in [5.41, 5.74) is 13.5. The van der Waals surface area contributed by atoms with Crippen LogP contribution in [0.2, 0.25) is 0 Å². The number of nitrogens with two attached hydrogens (primary N) is 2. The molecule has 0 radical (unpaired) electrons. The van der Waals surface area contributed by atoms with Crippen molar-refractivity contribution in [3.63, 3.8) is 0 Å². The van der Waals surface area contributed by atoms with Crippen molar-refractivity contribution in [2.45, 2.75) is 6.92 Å². The van der Waals surface area contributed by atoms with E-state index in [1.54, 1.807) is 18.2 Å². The summed E-state index contributed by atoms with van der Waals surface area (Å²) in [5.74, 6) is 0.284. The van der Waals surface area contributed by atoms with Gasteiger partial charge in [-0.1, -0.05) is 6.07 Å². The molecule has 2 aromatic carbocycles. The Balaban J connectivity index is 2.21. The first-order valence-electron chi connectivity index (χ1n) is 6.29. The number of carbonyl (C=O) groups is 1. The highest BCUT2D eigenvalue weighted by Gasteiger charge is 2.05. The molecule has 0 aliphatic heterocycles. The lowest BCUT2D eigenvalue weighted by Gasteiger charge is -2.11. The van der Waals surface area contributed by atoms with Gasteiger partial charge in [0.25, 0.3) is 0 Å². The molecular formula is C15H17N3O2. The number of rotatable bonds is 5.